The number of hydrogen-bond donors (Lipinski definition) is 2. The maximum atomic E-state index is 12.6. The van der Waals surface area contributed by atoms with Crippen LogP contribution in [0.1, 0.15) is 27.7 Å². The second-order valence-corrected chi connectivity index (χ2v) is 5.98. The van der Waals surface area contributed by atoms with Gasteiger partial charge in [0, 0.05) is 18.2 Å². The van der Waals surface area contributed by atoms with Crippen molar-refractivity contribution in [2.24, 2.45) is 0 Å². The normalized spacial score (nSPS) is 16.2. The fourth-order valence-corrected chi connectivity index (χ4v) is 3.34. The van der Waals surface area contributed by atoms with Gasteiger partial charge < -0.3 is 14.7 Å². The Hall–Kier alpha value is -3.28. The molecule has 0 bridgehead atoms. The number of nitrogens with zero attached hydrogens (tertiary/aromatic N) is 2. The van der Waals surface area contributed by atoms with E-state index in [9.17, 15) is 9.90 Å². The van der Waals surface area contributed by atoms with Gasteiger partial charge in [0.15, 0.2) is 11.5 Å². The molecule has 1 aromatic heterocycles. The second kappa shape index (κ2) is 5.66. The third-order valence-electron chi connectivity index (χ3n) is 4.57. The van der Waals surface area contributed by atoms with Crippen LogP contribution in [0.4, 0.5) is 0 Å². The first-order valence-electron chi connectivity index (χ1n) is 7.89. The molecule has 3 aromatic rings. The molecule has 0 saturated heterocycles. The zero-order chi connectivity index (χ0) is 17.6. The van der Waals surface area contributed by atoms with Crippen LogP contribution in [-0.4, -0.2) is 40.3 Å². The van der Waals surface area contributed by atoms with E-state index in [1.54, 1.807) is 30.1 Å². The smallest absolute Gasteiger partial charge is 0.272 e. The molecule has 1 aliphatic heterocycles. The Labute approximate surface area is 144 Å². The average molecular weight is 335 g/mol. The van der Waals surface area contributed by atoms with Gasteiger partial charge in [0.2, 0.25) is 0 Å². The number of amides is 1. The van der Waals surface area contributed by atoms with Crippen LogP contribution in [0.3, 0.4) is 0 Å². The van der Waals surface area contributed by atoms with Gasteiger partial charge in [0.25, 0.3) is 5.91 Å². The highest BCUT2D eigenvalue weighted by Gasteiger charge is 2.40. The van der Waals surface area contributed by atoms with Crippen LogP contribution >= 0.6 is 0 Å². The second-order valence-electron chi connectivity index (χ2n) is 5.98. The standard InChI is InChI=1S/C19H17N3O3/c1-22-18(12-8-9-13(23)14(10-12)25-2)15-16(11-6-4-3-5-7-11)20-21-17(15)19(22)24/h3-10,18,23H,1-2H3,(H,20,21)/t18-/m0/s1. The van der Waals surface area contributed by atoms with Crippen molar-refractivity contribution >= 4 is 5.91 Å². The fraction of sp³-hybridized carbons (Fsp3) is 0.158. The number of phenolic OH excluding ortho intramolecular Hbond substituents is 1. The zero-order valence-electron chi connectivity index (χ0n) is 13.9. The minimum absolute atomic E-state index is 0.0638. The molecule has 2 aromatic carbocycles. The number of phenols is 1. The lowest BCUT2D eigenvalue weighted by Gasteiger charge is -2.22. The summed E-state index contributed by atoms with van der Waals surface area (Å²) in [6.45, 7) is 0. The molecule has 25 heavy (non-hydrogen) atoms. The highest BCUT2D eigenvalue weighted by atomic mass is 16.5. The first-order valence-corrected chi connectivity index (χ1v) is 7.89. The third-order valence-corrected chi connectivity index (χ3v) is 4.57. The van der Waals surface area contributed by atoms with E-state index in [4.69, 9.17) is 4.74 Å². The molecule has 0 aliphatic carbocycles. The van der Waals surface area contributed by atoms with Crippen LogP contribution < -0.4 is 4.74 Å². The van der Waals surface area contributed by atoms with Crippen LogP contribution in [0.2, 0.25) is 0 Å². The predicted octanol–water partition coefficient (Wildman–Crippen LogP) is 2.97. The van der Waals surface area contributed by atoms with Crippen molar-refractivity contribution < 1.29 is 14.6 Å². The molecule has 0 radical (unpaired) electrons. The lowest BCUT2D eigenvalue weighted by atomic mass is 9.96. The van der Waals surface area contributed by atoms with E-state index in [0.29, 0.717) is 11.4 Å². The van der Waals surface area contributed by atoms with Gasteiger partial charge in [0.05, 0.1) is 18.8 Å². The molecule has 1 amide bonds. The zero-order valence-corrected chi connectivity index (χ0v) is 13.9. The van der Waals surface area contributed by atoms with E-state index in [1.165, 1.54) is 7.11 Å². The van der Waals surface area contributed by atoms with E-state index in [-0.39, 0.29) is 17.7 Å². The number of aromatic nitrogens is 2. The molecule has 6 heteroatoms. The Morgan fingerprint density at radius 3 is 2.68 bits per heavy atom. The highest BCUT2D eigenvalue weighted by molar-refractivity contribution is 6.00. The number of rotatable bonds is 3. The number of benzene rings is 2. The summed E-state index contributed by atoms with van der Waals surface area (Å²) in [6, 6.07) is 14.6. The maximum Gasteiger partial charge on any atom is 0.272 e. The number of methoxy groups -OCH3 is 1. The van der Waals surface area contributed by atoms with Crippen LogP contribution in [0.15, 0.2) is 48.5 Å². The summed E-state index contributed by atoms with van der Waals surface area (Å²) in [4.78, 5) is 14.3. The molecule has 126 valence electrons. The monoisotopic (exact) mass is 335 g/mol. The number of hydrogen-bond acceptors (Lipinski definition) is 4. The van der Waals surface area contributed by atoms with Crippen LogP contribution in [0.5, 0.6) is 11.5 Å². The molecule has 4 rings (SSSR count). The number of aromatic hydroxyl groups is 1. The molecule has 0 spiro atoms. The number of ether oxygens (including phenoxy) is 1. The summed E-state index contributed by atoms with van der Waals surface area (Å²) in [5.41, 5.74) is 3.89. The number of carbonyl (C=O) groups is 1. The number of nitrogens with one attached hydrogen (secondary N) is 1. The molecule has 1 atom stereocenters. The SMILES string of the molecule is COc1cc([C@H]2c3c(-c4ccccc4)n[nH]c3C(=O)N2C)ccc1O. The summed E-state index contributed by atoms with van der Waals surface area (Å²) < 4.78 is 5.21. The Morgan fingerprint density at radius 1 is 1.20 bits per heavy atom. The van der Waals surface area contributed by atoms with E-state index >= 15 is 0 Å². The van der Waals surface area contributed by atoms with Crippen molar-refractivity contribution in [1.82, 2.24) is 15.1 Å². The van der Waals surface area contributed by atoms with Gasteiger partial charge in [-0.15, -0.1) is 0 Å². The predicted molar refractivity (Wildman–Crippen MR) is 92.6 cm³/mol. The number of H-pyrrole nitrogens is 1. The Bertz CT molecular complexity index is 950. The van der Waals surface area contributed by atoms with Crippen LogP contribution in [-0.2, 0) is 0 Å². The summed E-state index contributed by atoms with van der Waals surface area (Å²) in [6.07, 6.45) is 0. The summed E-state index contributed by atoms with van der Waals surface area (Å²) in [5, 5.41) is 17.1. The van der Waals surface area contributed by atoms with Gasteiger partial charge in [0.1, 0.15) is 5.69 Å². The van der Waals surface area contributed by atoms with Gasteiger partial charge in [-0.05, 0) is 17.7 Å². The Morgan fingerprint density at radius 2 is 1.96 bits per heavy atom. The van der Waals surface area contributed by atoms with E-state index in [0.717, 1.165) is 22.4 Å². The van der Waals surface area contributed by atoms with Crippen molar-refractivity contribution in [2.45, 2.75) is 6.04 Å². The fourth-order valence-electron chi connectivity index (χ4n) is 3.34. The molecular formula is C19H17N3O3. The molecule has 1 aliphatic rings. The molecule has 2 N–H and O–H groups in total. The molecule has 0 fully saturated rings. The highest BCUT2D eigenvalue weighted by Crippen LogP contribution is 2.43. The van der Waals surface area contributed by atoms with E-state index in [2.05, 4.69) is 10.2 Å². The first kappa shape index (κ1) is 15.3. The lowest BCUT2D eigenvalue weighted by Crippen LogP contribution is -2.24. The third kappa shape index (κ3) is 2.26. The summed E-state index contributed by atoms with van der Waals surface area (Å²) >= 11 is 0. The Kier molecular flexibility index (Phi) is 3.46. The van der Waals surface area contributed by atoms with Crippen molar-refractivity contribution in [3.63, 3.8) is 0 Å². The van der Waals surface area contributed by atoms with Gasteiger partial charge >= 0.3 is 0 Å². The van der Waals surface area contributed by atoms with Gasteiger partial charge in [-0.2, -0.15) is 5.10 Å². The van der Waals surface area contributed by atoms with Gasteiger partial charge in [-0.3, -0.25) is 9.89 Å². The molecule has 0 saturated carbocycles. The van der Waals surface area contributed by atoms with E-state index < -0.39 is 0 Å². The largest absolute Gasteiger partial charge is 0.504 e. The maximum absolute atomic E-state index is 12.6. The van der Waals surface area contributed by atoms with Gasteiger partial charge in [-0.25, -0.2) is 0 Å². The van der Waals surface area contributed by atoms with Crippen LogP contribution in [0.25, 0.3) is 11.3 Å². The van der Waals surface area contributed by atoms with E-state index in [1.807, 2.05) is 30.3 Å². The average Bonchev–Trinajstić information content (AvgIpc) is 3.17. The molecule has 2 heterocycles. The number of fused-ring (bicyclic) bond motifs is 1. The first-order chi connectivity index (χ1) is 12.1. The van der Waals surface area contributed by atoms with Crippen molar-refractivity contribution in [1.29, 1.82) is 0 Å². The van der Waals surface area contributed by atoms with Crippen molar-refractivity contribution in [3.05, 3.63) is 65.4 Å². The minimum Gasteiger partial charge on any atom is -0.504 e. The topological polar surface area (TPSA) is 78.5 Å². The van der Waals surface area contributed by atoms with Crippen LogP contribution in [0, 0.1) is 0 Å². The summed E-state index contributed by atoms with van der Waals surface area (Å²) in [7, 11) is 3.26. The quantitative estimate of drug-likeness (QED) is 0.771. The molecule has 6 nitrogen and oxygen atoms in total. The number of carbonyl (C=O) groups excluding carboxylic acids is 1. The lowest BCUT2D eigenvalue weighted by molar-refractivity contribution is 0.0787. The number of aromatic amines is 1. The van der Waals surface area contributed by atoms with Gasteiger partial charge in [-0.1, -0.05) is 36.4 Å². The van der Waals surface area contributed by atoms with Crippen molar-refractivity contribution in [3.8, 4) is 22.8 Å². The molecule has 0 unspecified atom stereocenters. The Balaban J connectivity index is 1.89. The minimum atomic E-state index is -0.300. The van der Waals surface area contributed by atoms with Crippen molar-refractivity contribution in [2.75, 3.05) is 14.2 Å². The summed E-state index contributed by atoms with van der Waals surface area (Å²) in [5.74, 6) is 0.326. The molecular weight excluding hydrogens is 318 g/mol.